The lowest BCUT2D eigenvalue weighted by Gasteiger charge is -2.13. The smallest absolute Gasteiger partial charge is 0.339 e. The van der Waals surface area contributed by atoms with E-state index in [4.69, 9.17) is 4.74 Å². The molecule has 132 valence electrons. The number of benzene rings is 2. The zero-order chi connectivity index (χ0) is 18.5. The minimum Gasteiger partial charge on any atom is -0.465 e. The molecule has 0 spiro atoms. The van der Waals surface area contributed by atoms with Gasteiger partial charge in [0.25, 0.3) is 0 Å². The summed E-state index contributed by atoms with van der Waals surface area (Å²) >= 11 is 0. The van der Waals surface area contributed by atoms with Gasteiger partial charge in [0.15, 0.2) is 0 Å². The summed E-state index contributed by atoms with van der Waals surface area (Å²) in [4.78, 5) is 20.8. The Hall–Kier alpha value is -3.41. The summed E-state index contributed by atoms with van der Waals surface area (Å²) in [6.07, 6.45) is 0. The van der Waals surface area contributed by atoms with Gasteiger partial charge in [0.2, 0.25) is 0 Å². The number of hydrogen-bond donors (Lipinski definition) is 2. The lowest BCUT2D eigenvalue weighted by Crippen LogP contribution is -2.07. The molecule has 0 saturated carbocycles. The summed E-state index contributed by atoms with van der Waals surface area (Å²) < 4.78 is 4.83. The van der Waals surface area contributed by atoms with Gasteiger partial charge in [-0.15, -0.1) is 0 Å². The predicted octanol–water partition coefficient (Wildman–Crippen LogP) is 4.37. The first-order chi connectivity index (χ1) is 12.6. The molecule has 0 fully saturated rings. The average Bonchev–Trinajstić information content (AvgIpc) is 2.63. The molecule has 1 aromatic heterocycles. The van der Waals surface area contributed by atoms with Crippen LogP contribution in [-0.2, 0) is 4.74 Å². The molecule has 2 N–H and O–H groups in total. The fourth-order valence-electron chi connectivity index (χ4n) is 2.56. The van der Waals surface area contributed by atoms with Gasteiger partial charge in [-0.3, -0.25) is 0 Å². The second-order valence-electron chi connectivity index (χ2n) is 5.79. The van der Waals surface area contributed by atoms with Crippen LogP contribution < -0.4 is 10.6 Å². The number of anilines is 4. The van der Waals surface area contributed by atoms with Crippen molar-refractivity contribution in [2.24, 2.45) is 0 Å². The number of rotatable bonds is 5. The van der Waals surface area contributed by atoms with E-state index in [0.29, 0.717) is 28.7 Å². The van der Waals surface area contributed by atoms with Crippen LogP contribution >= 0.6 is 0 Å². The number of carbonyl (C=O) groups excluding carboxylic acids is 1. The normalized spacial score (nSPS) is 10.3. The molecular formula is C20H20N4O2. The van der Waals surface area contributed by atoms with Crippen molar-refractivity contribution in [2.45, 2.75) is 13.8 Å². The number of para-hydroxylation sites is 2. The van der Waals surface area contributed by atoms with Crippen molar-refractivity contribution in [2.75, 3.05) is 17.7 Å². The number of esters is 1. The Morgan fingerprint density at radius 3 is 2.12 bits per heavy atom. The van der Waals surface area contributed by atoms with Crippen LogP contribution in [0.1, 0.15) is 21.7 Å². The maximum Gasteiger partial charge on any atom is 0.339 e. The number of nitrogens with zero attached hydrogens (tertiary/aromatic N) is 2. The number of methoxy groups -OCH3 is 1. The second-order valence-corrected chi connectivity index (χ2v) is 5.79. The second kappa shape index (κ2) is 7.65. The largest absolute Gasteiger partial charge is 0.465 e. The van der Waals surface area contributed by atoms with Crippen molar-refractivity contribution in [1.82, 2.24) is 9.97 Å². The van der Waals surface area contributed by atoms with Crippen LogP contribution in [0, 0.1) is 13.8 Å². The van der Waals surface area contributed by atoms with Crippen LogP contribution in [0.5, 0.6) is 0 Å². The number of ether oxygens (including phenoxy) is 1. The molecule has 0 radical (unpaired) electrons. The van der Waals surface area contributed by atoms with Crippen LogP contribution in [-0.4, -0.2) is 23.0 Å². The van der Waals surface area contributed by atoms with E-state index in [0.717, 1.165) is 11.3 Å². The maximum absolute atomic E-state index is 11.9. The molecular weight excluding hydrogens is 328 g/mol. The van der Waals surface area contributed by atoms with E-state index in [1.54, 1.807) is 24.3 Å². The summed E-state index contributed by atoms with van der Waals surface area (Å²) in [7, 11) is 1.36. The minimum atomic E-state index is -0.405. The lowest BCUT2D eigenvalue weighted by atomic mass is 10.2. The SMILES string of the molecule is COC(=O)c1ccccc1Nc1cc(Nc2ccccc2C)nc(C)n1. The monoisotopic (exact) mass is 348 g/mol. The van der Waals surface area contributed by atoms with E-state index >= 15 is 0 Å². The van der Waals surface area contributed by atoms with E-state index < -0.39 is 5.97 Å². The van der Waals surface area contributed by atoms with Gasteiger partial charge in [0, 0.05) is 11.8 Å². The Morgan fingerprint density at radius 1 is 0.885 bits per heavy atom. The topological polar surface area (TPSA) is 76.1 Å². The van der Waals surface area contributed by atoms with Gasteiger partial charge in [-0.25, -0.2) is 14.8 Å². The third-order valence-electron chi connectivity index (χ3n) is 3.84. The number of carbonyl (C=O) groups is 1. The molecule has 2 aromatic carbocycles. The van der Waals surface area contributed by atoms with E-state index in [2.05, 4.69) is 20.6 Å². The molecule has 0 atom stereocenters. The molecule has 6 nitrogen and oxygen atoms in total. The summed E-state index contributed by atoms with van der Waals surface area (Å²) in [6, 6.07) is 16.9. The third-order valence-corrected chi connectivity index (χ3v) is 3.84. The molecule has 0 amide bonds. The molecule has 0 saturated heterocycles. The van der Waals surface area contributed by atoms with Crippen LogP contribution in [0.25, 0.3) is 0 Å². The van der Waals surface area contributed by atoms with E-state index in [1.807, 2.05) is 44.2 Å². The quantitative estimate of drug-likeness (QED) is 0.667. The number of nitrogens with one attached hydrogen (secondary N) is 2. The Morgan fingerprint density at radius 2 is 1.46 bits per heavy atom. The van der Waals surface area contributed by atoms with Gasteiger partial charge in [0.1, 0.15) is 17.5 Å². The number of hydrogen-bond acceptors (Lipinski definition) is 6. The first-order valence-electron chi connectivity index (χ1n) is 8.19. The molecule has 1 heterocycles. The van der Waals surface area contributed by atoms with Crippen LogP contribution in [0.15, 0.2) is 54.6 Å². The van der Waals surface area contributed by atoms with Gasteiger partial charge in [-0.05, 0) is 37.6 Å². The highest BCUT2D eigenvalue weighted by Gasteiger charge is 2.12. The van der Waals surface area contributed by atoms with Crippen molar-refractivity contribution >= 4 is 29.0 Å². The Balaban J connectivity index is 1.90. The molecule has 0 aliphatic rings. The van der Waals surface area contributed by atoms with Crippen molar-refractivity contribution < 1.29 is 9.53 Å². The van der Waals surface area contributed by atoms with Gasteiger partial charge >= 0.3 is 5.97 Å². The van der Waals surface area contributed by atoms with Crippen molar-refractivity contribution in [3.63, 3.8) is 0 Å². The molecule has 0 aliphatic carbocycles. The highest BCUT2D eigenvalue weighted by molar-refractivity contribution is 5.96. The van der Waals surface area contributed by atoms with Crippen molar-refractivity contribution in [3.05, 3.63) is 71.5 Å². The number of aromatic nitrogens is 2. The fraction of sp³-hybridized carbons (Fsp3) is 0.150. The Kier molecular flexibility index (Phi) is 5.12. The van der Waals surface area contributed by atoms with E-state index in [9.17, 15) is 4.79 Å². The molecule has 6 heteroatoms. The molecule has 0 unspecified atom stereocenters. The van der Waals surface area contributed by atoms with Crippen molar-refractivity contribution in [3.8, 4) is 0 Å². The molecule has 3 aromatic rings. The number of aryl methyl sites for hydroxylation is 2. The molecule has 3 rings (SSSR count). The van der Waals surface area contributed by atoms with Gasteiger partial charge in [-0.2, -0.15) is 0 Å². The third kappa shape index (κ3) is 3.97. The average molecular weight is 348 g/mol. The predicted molar refractivity (Wildman–Crippen MR) is 102 cm³/mol. The van der Waals surface area contributed by atoms with Gasteiger partial charge in [-0.1, -0.05) is 30.3 Å². The van der Waals surface area contributed by atoms with Gasteiger partial charge in [0.05, 0.1) is 18.4 Å². The van der Waals surface area contributed by atoms with Crippen molar-refractivity contribution in [1.29, 1.82) is 0 Å². The van der Waals surface area contributed by atoms with Crippen LogP contribution in [0.4, 0.5) is 23.0 Å². The molecule has 0 aliphatic heterocycles. The Labute approximate surface area is 152 Å². The first-order valence-corrected chi connectivity index (χ1v) is 8.19. The zero-order valence-electron chi connectivity index (χ0n) is 14.9. The molecule has 0 bridgehead atoms. The van der Waals surface area contributed by atoms with Crippen LogP contribution in [0.3, 0.4) is 0 Å². The lowest BCUT2D eigenvalue weighted by molar-refractivity contribution is 0.0602. The maximum atomic E-state index is 11.9. The van der Waals surface area contributed by atoms with Gasteiger partial charge < -0.3 is 15.4 Å². The highest BCUT2D eigenvalue weighted by atomic mass is 16.5. The fourth-order valence-corrected chi connectivity index (χ4v) is 2.56. The minimum absolute atomic E-state index is 0.405. The summed E-state index contributed by atoms with van der Waals surface area (Å²) in [5.41, 5.74) is 3.17. The molecule has 26 heavy (non-hydrogen) atoms. The summed E-state index contributed by atoms with van der Waals surface area (Å²) in [6.45, 7) is 3.85. The highest BCUT2D eigenvalue weighted by Crippen LogP contribution is 2.24. The summed E-state index contributed by atoms with van der Waals surface area (Å²) in [5.74, 6) is 1.47. The van der Waals surface area contributed by atoms with E-state index in [-0.39, 0.29) is 0 Å². The van der Waals surface area contributed by atoms with Crippen LogP contribution in [0.2, 0.25) is 0 Å². The Bertz CT molecular complexity index is 941. The standard InChI is InChI=1S/C20H20N4O2/c1-13-8-4-6-10-16(13)23-18-12-19(22-14(2)21-18)24-17-11-7-5-9-15(17)20(25)26-3/h4-12H,1-3H3,(H2,21,22,23,24). The zero-order valence-corrected chi connectivity index (χ0v) is 14.9. The van der Waals surface area contributed by atoms with E-state index in [1.165, 1.54) is 7.11 Å². The summed E-state index contributed by atoms with van der Waals surface area (Å²) in [5, 5.41) is 6.48. The first kappa shape index (κ1) is 17.4.